The molecule has 0 spiro atoms. The zero-order valence-electron chi connectivity index (χ0n) is 15.0. The number of rotatable bonds is 3. The van der Waals surface area contributed by atoms with Crippen LogP contribution in [0.15, 0.2) is 77.7 Å². The number of para-hydroxylation sites is 2. The van der Waals surface area contributed by atoms with Crippen molar-refractivity contribution in [2.24, 2.45) is 0 Å². The van der Waals surface area contributed by atoms with Gasteiger partial charge < -0.3 is 0 Å². The van der Waals surface area contributed by atoms with Crippen molar-refractivity contribution < 1.29 is 17.6 Å². The number of nitrogens with zero attached hydrogens (tertiary/aromatic N) is 2. The van der Waals surface area contributed by atoms with E-state index in [0.717, 1.165) is 4.31 Å². The van der Waals surface area contributed by atoms with Crippen LogP contribution in [0.3, 0.4) is 0 Å². The number of hydrogen-bond donors (Lipinski definition) is 0. The summed E-state index contributed by atoms with van der Waals surface area (Å²) < 4.78 is 40.6. The number of aryl methyl sites for hydroxylation is 1. The SMILES string of the molecule is Cc1ccccc1N1C(=O)N(Cc2ccc(F)cc2)c2ccccc2S1(=O)=O. The summed E-state index contributed by atoms with van der Waals surface area (Å²) in [6, 6.07) is 18.3. The number of carbonyl (C=O) groups is 1. The molecule has 142 valence electrons. The molecule has 0 N–H and O–H groups in total. The van der Waals surface area contributed by atoms with Crippen molar-refractivity contribution in [1.82, 2.24) is 0 Å². The molecule has 0 bridgehead atoms. The van der Waals surface area contributed by atoms with Gasteiger partial charge in [0, 0.05) is 0 Å². The average molecular weight is 396 g/mol. The summed E-state index contributed by atoms with van der Waals surface area (Å²) in [4.78, 5) is 14.8. The Hall–Kier alpha value is -3.19. The summed E-state index contributed by atoms with van der Waals surface area (Å²) in [6.07, 6.45) is 0. The van der Waals surface area contributed by atoms with E-state index in [-0.39, 0.29) is 17.3 Å². The van der Waals surface area contributed by atoms with Crippen molar-refractivity contribution in [2.45, 2.75) is 18.4 Å². The first-order valence-electron chi connectivity index (χ1n) is 8.65. The maximum absolute atomic E-state index is 13.3. The third kappa shape index (κ3) is 2.93. The Labute approximate surface area is 162 Å². The molecule has 0 unspecified atom stereocenters. The second-order valence-electron chi connectivity index (χ2n) is 6.52. The van der Waals surface area contributed by atoms with Crippen LogP contribution in [0, 0.1) is 12.7 Å². The summed E-state index contributed by atoms with van der Waals surface area (Å²) in [7, 11) is -4.06. The highest BCUT2D eigenvalue weighted by atomic mass is 32.2. The van der Waals surface area contributed by atoms with E-state index in [2.05, 4.69) is 0 Å². The van der Waals surface area contributed by atoms with Crippen LogP contribution in [0.5, 0.6) is 0 Å². The molecule has 0 aromatic heterocycles. The van der Waals surface area contributed by atoms with E-state index in [1.165, 1.54) is 23.1 Å². The van der Waals surface area contributed by atoms with Gasteiger partial charge in [-0.15, -0.1) is 0 Å². The Morgan fingerprint density at radius 1 is 0.857 bits per heavy atom. The van der Waals surface area contributed by atoms with Crippen molar-refractivity contribution in [1.29, 1.82) is 0 Å². The Morgan fingerprint density at radius 2 is 1.46 bits per heavy atom. The quantitative estimate of drug-likeness (QED) is 0.656. The third-order valence-electron chi connectivity index (χ3n) is 4.67. The van der Waals surface area contributed by atoms with Gasteiger partial charge in [0.1, 0.15) is 10.7 Å². The molecule has 0 atom stereocenters. The molecular formula is C21H17FN2O3S. The van der Waals surface area contributed by atoms with E-state index in [9.17, 15) is 17.6 Å². The smallest absolute Gasteiger partial charge is 0.287 e. The molecule has 28 heavy (non-hydrogen) atoms. The number of anilines is 2. The number of hydrogen-bond acceptors (Lipinski definition) is 3. The Bertz CT molecular complexity index is 1160. The van der Waals surface area contributed by atoms with Crippen LogP contribution >= 0.6 is 0 Å². The van der Waals surface area contributed by atoms with Gasteiger partial charge in [0.25, 0.3) is 10.0 Å². The molecule has 0 aliphatic carbocycles. The molecule has 7 heteroatoms. The molecule has 4 rings (SSSR count). The minimum absolute atomic E-state index is 0.0555. The van der Waals surface area contributed by atoms with E-state index in [4.69, 9.17) is 0 Å². The number of benzene rings is 3. The van der Waals surface area contributed by atoms with E-state index in [1.807, 2.05) is 0 Å². The molecule has 2 amide bonds. The highest BCUT2D eigenvalue weighted by Gasteiger charge is 2.42. The zero-order valence-corrected chi connectivity index (χ0v) is 15.9. The van der Waals surface area contributed by atoms with Crippen LogP contribution in [-0.4, -0.2) is 14.4 Å². The van der Waals surface area contributed by atoms with E-state index in [0.29, 0.717) is 22.5 Å². The highest BCUT2D eigenvalue weighted by Crippen LogP contribution is 2.38. The van der Waals surface area contributed by atoms with Crippen LogP contribution in [0.4, 0.5) is 20.6 Å². The summed E-state index contributed by atoms with van der Waals surface area (Å²) >= 11 is 0. The molecule has 0 saturated carbocycles. The molecule has 3 aromatic carbocycles. The first-order chi connectivity index (χ1) is 13.4. The fourth-order valence-corrected chi connectivity index (χ4v) is 4.92. The molecule has 5 nitrogen and oxygen atoms in total. The monoisotopic (exact) mass is 396 g/mol. The second kappa shape index (κ2) is 6.76. The van der Waals surface area contributed by atoms with Gasteiger partial charge in [0.05, 0.1) is 17.9 Å². The fourth-order valence-electron chi connectivity index (χ4n) is 3.26. The Morgan fingerprint density at radius 3 is 2.14 bits per heavy atom. The van der Waals surface area contributed by atoms with Crippen molar-refractivity contribution in [3.8, 4) is 0 Å². The van der Waals surface area contributed by atoms with Crippen LogP contribution in [0.1, 0.15) is 11.1 Å². The number of urea groups is 1. The number of halogens is 1. The summed E-state index contributed by atoms with van der Waals surface area (Å²) in [5, 5.41) is 0. The van der Waals surface area contributed by atoms with Crippen LogP contribution in [0.2, 0.25) is 0 Å². The third-order valence-corrected chi connectivity index (χ3v) is 6.40. The van der Waals surface area contributed by atoms with Crippen LogP contribution in [-0.2, 0) is 16.6 Å². The Balaban J connectivity index is 1.88. The maximum atomic E-state index is 13.3. The predicted molar refractivity (Wildman–Crippen MR) is 105 cm³/mol. The van der Waals surface area contributed by atoms with Crippen molar-refractivity contribution in [2.75, 3.05) is 9.21 Å². The molecule has 1 aliphatic heterocycles. The largest absolute Gasteiger partial charge is 0.343 e. The number of sulfonamides is 1. The number of fused-ring (bicyclic) bond motifs is 1. The lowest BCUT2D eigenvalue weighted by atomic mass is 10.2. The van der Waals surface area contributed by atoms with Gasteiger partial charge in [0.2, 0.25) is 0 Å². The summed E-state index contributed by atoms with van der Waals surface area (Å²) in [6.45, 7) is 1.87. The van der Waals surface area contributed by atoms with Crippen LogP contribution in [0.25, 0.3) is 0 Å². The zero-order chi connectivity index (χ0) is 19.9. The van der Waals surface area contributed by atoms with E-state index in [1.54, 1.807) is 61.5 Å². The van der Waals surface area contributed by atoms with Gasteiger partial charge in [-0.25, -0.2) is 17.6 Å². The molecule has 1 heterocycles. The number of carbonyl (C=O) groups excluding carboxylic acids is 1. The molecule has 3 aromatic rings. The van der Waals surface area contributed by atoms with E-state index < -0.39 is 16.1 Å². The lowest BCUT2D eigenvalue weighted by Gasteiger charge is -2.36. The van der Waals surface area contributed by atoms with Gasteiger partial charge >= 0.3 is 6.03 Å². The van der Waals surface area contributed by atoms with Gasteiger partial charge in [-0.3, -0.25) is 4.90 Å². The lowest BCUT2D eigenvalue weighted by molar-refractivity contribution is 0.253. The maximum Gasteiger partial charge on any atom is 0.343 e. The van der Waals surface area contributed by atoms with Crippen molar-refractivity contribution in [3.63, 3.8) is 0 Å². The summed E-state index contributed by atoms with van der Waals surface area (Å²) in [5.74, 6) is -0.377. The summed E-state index contributed by atoms with van der Waals surface area (Å²) in [5.41, 5.74) is 1.97. The van der Waals surface area contributed by atoms with E-state index >= 15 is 0 Å². The van der Waals surface area contributed by atoms with Crippen molar-refractivity contribution >= 4 is 27.4 Å². The normalized spacial score (nSPS) is 15.4. The number of amides is 2. The second-order valence-corrected chi connectivity index (χ2v) is 8.27. The van der Waals surface area contributed by atoms with Gasteiger partial charge in [-0.2, -0.15) is 4.31 Å². The average Bonchev–Trinajstić information content (AvgIpc) is 2.68. The topological polar surface area (TPSA) is 57.7 Å². The molecule has 0 fully saturated rings. The standard InChI is InChI=1S/C21H17FN2O3S/c1-15-6-2-3-7-18(15)24-21(25)23(14-16-10-12-17(22)13-11-16)19-8-4-5-9-20(19)28(24,26)27/h2-13H,14H2,1H3. The molecule has 1 aliphatic rings. The lowest BCUT2D eigenvalue weighted by Crippen LogP contribution is -2.51. The molecule has 0 radical (unpaired) electrons. The Kier molecular flexibility index (Phi) is 4.39. The predicted octanol–water partition coefficient (Wildman–Crippen LogP) is 4.47. The van der Waals surface area contributed by atoms with Crippen molar-refractivity contribution in [3.05, 3.63) is 89.7 Å². The minimum Gasteiger partial charge on any atom is -0.287 e. The fraction of sp³-hybridized carbons (Fsp3) is 0.0952. The van der Waals surface area contributed by atoms with Gasteiger partial charge in [-0.1, -0.05) is 42.5 Å². The highest BCUT2D eigenvalue weighted by molar-refractivity contribution is 7.94. The van der Waals surface area contributed by atoms with Crippen LogP contribution < -0.4 is 9.21 Å². The van der Waals surface area contributed by atoms with Gasteiger partial charge in [0.15, 0.2) is 0 Å². The van der Waals surface area contributed by atoms with Gasteiger partial charge in [-0.05, 0) is 48.4 Å². The first kappa shape index (κ1) is 18.2. The minimum atomic E-state index is -4.06. The first-order valence-corrected chi connectivity index (χ1v) is 10.1. The molecular weight excluding hydrogens is 379 g/mol. The molecule has 0 saturated heterocycles.